The van der Waals surface area contributed by atoms with Crippen molar-refractivity contribution in [3.8, 4) is 0 Å². The minimum Gasteiger partial charge on any atom is -0.361 e. The second-order valence-electron chi connectivity index (χ2n) is 7.68. The molecule has 1 aromatic heterocycles. The van der Waals surface area contributed by atoms with Crippen LogP contribution in [0.3, 0.4) is 0 Å². The number of rotatable bonds is 2. The third-order valence-electron chi connectivity index (χ3n) is 5.96. The molecule has 2 aliphatic rings. The predicted molar refractivity (Wildman–Crippen MR) is 101 cm³/mol. The molecule has 4 heteroatoms. The first-order valence-corrected chi connectivity index (χ1v) is 9.89. The van der Waals surface area contributed by atoms with E-state index in [2.05, 4.69) is 39.5 Å². The van der Waals surface area contributed by atoms with Gasteiger partial charge in [-0.3, -0.25) is 9.69 Å². The normalized spacial score (nSPS) is 26.2. The van der Waals surface area contributed by atoms with E-state index in [0.717, 1.165) is 38.9 Å². The Morgan fingerprint density at radius 1 is 1.04 bits per heavy atom. The van der Waals surface area contributed by atoms with Gasteiger partial charge in [0.15, 0.2) is 0 Å². The zero-order valence-electron chi connectivity index (χ0n) is 15.0. The monoisotopic (exact) mass is 339 g/mol. The lowest BCUT2D eigenvalue weighted by Gasteiger charge is -2.32. The van der Waals surface area contributed by atoms with Gasteiger partial charge in [-0.2, -0.15) is 0 Å². The van der Waals surface area contributed by atoms with Crippen molar-refractivity contribution < 1.29 is 4.79 Å². The minimum absolute atomic E-state index is 0.175. The molecule has 0 radical (unpaired) electrons. The first kappa shape index (κ1) is 16.6. The summed E-state index contributed by atoms with van der Waals surface area (Å²) in [7, 11) is 0. The van der Waals surface area contributed by atoms with Gasteiger partial charge in [0.2, 0.25) is 5.91 Å². The molecule has 1 amide bonds. The molecule has 2 aromatic rings. The molecule has 4 rings (SSSR count). The lowest BCUT2D eigenvalue weighted by molar-refractivity contribution is -0.126. The van der Waals surface area contributed by atoms with Gasteiger partial charge in [0, 0.05) is 30.8 Å². The summed E-state index contributed by atoms with van der Waals surface area (Å²) in [6.07, 6.45) is 10.2. The Labute approximate surface area is 150 Å². The first-order chi connectivity index (χ1) is 12.3. The molecule has 1 aromatic carbocycles. The van der Waals surface area contributed by atoms with Crippen molar-refractivity contribution in [2.75, 3.05) is 13.1 Å². The standard InChI is InChI=1S/C21H29N3O/c25-21-18-6-5-7-20(18)24(13-4-2-1-3-11-23-21)15-16-8-9-19-17(14-16)10-12-22-19/h8-10,12,14,18,20,22H,1-7,11,13,15H2,(H,23,25)/t18-,20+/m1/s1. The van der Waals surface area contributed by atoms with Crippen molar-refractivity contribution in [3.63, 3.8) is 0 Å². The molecule has 2 atom stereocenters. The molecule has 1 saturated carbocycles. The highest BCUT2D eigenvalue weighted by Crippen LogP contribution is 2.32. The van der Waals surface area contributed by atoms with Crippen LogP contribution in [-0.2, 0) is 11.3 Å². The largest absolute Gasteiger partial charge is 0.361 e. The third kappa shape index (κ3) is 3.74. The topological polar surface area (TPSA) is 48.1 Å². The second-order valence-corrected chi connectivity index (χ2v) is 7.68. The van der Waals surface area contributed by atoms with Crippen LogP contribution in [0.5, 0.6) is 0 Å². The summed E-state index contributed by atoms with van der Waals surface area (Å²) in [5.74, 6) is 0.463. The quantitative estimate of drug-likeness (QED) is 0.873. The number of aromatic nitrogens is 1. The summed E-state index contributed by atoms with van der Waals surface area (Å²) in [6.45, 7) is 2.92. The molecule has 2 heterocycles. The number of hydrogen-bond donors (Lipinski definition) is 2. The molecule has 25 heavy (non-hydrogen) atoms. The molecule has 0 unspecified atom stereocenters. The SMILES string of the molecule is O=C1NCCCCCCN(Cc2ccc3[nH]ccc3c2)[C@H]2CCC[C@@H]12. The zero-order chi connectivity index (χ0) is 17.1. The Morgan fingerprint density at radius 3 is 2.92 bits per heavy atom. The number of nitrogens with one attached hydrogen (secondary N) is 2. The van der Waals surface area contributed by atoms with Crippen LogP contribution in [-0.4, -0.2) is 34.9 Å². The van der Waals surface area contributed by atoms with Crippen LogP contribution in [0.1, 0.15) is 50.5 Å². The van der Waals surface area contributed by atoms with Crippen LogP contribution in [0.15, 0.2) is 30.5 Å². The first-order valence-electron chi connectivity index (χ1n) is 9.89. The minimum atomic E-state index is 0.175. The zero-order valence-corrected chi connectivity index (χ0v) is 15.0. The van der Waals surface area contributed by atoms with E-state index in [1.54, 1.807) is 0 Å². The van der Waals surface area contributed by atoms with Crippen LogP contribution in [0, 0.1) is 5.92 Å². The third-order valence-corrected chi connectivity index (χ3v) is 5.96. The van der Waals surface area contributed by atoms with Crippen molar-refractivity contribution in [1.82, 2.24) is 15.2 Å². The Morgan fingerprint density at radius 2 is 1.96 bits per heavy atom. The molecule has 0 bridgehead atoms. The number of nitrogens with zero attached hydrogens (tertiary/aromatic N) is 1. The maximum absolute atomic E-state index is 12.6. The van der Waals surface area contributed by atoms with Crippen LogP contribution in [0.2, 0.25) is 0 Å². The van der Waals surface area contributed by atoms with Crippen LogP contribution in [0.25, 0.3) is 10.9 Å². The molecule has 1 saturated heterocycles. The van der Waals surface area contributed by atoms with Crippen molar-refractivity contribution in [3.05, 3.63) is 36.0 Å². The van der Waals surface area contributed by atoms with E-state index in [0.29, 0.717) is 6.04 Å². The van der Waals surface area contributed by atoms with E-state index in [-0.39, 0.29) is 11.8 Å². The second kappa shape index (κ2) is 7.61. The summed E-state index contributed by atoms with van der Waals surface area (Å²) in [6, 6.07) is 9.24. The van der Waals surface area contributed by atoms with E-state index in [4.69, 9.17) is 0 Å². The highest BCUT2D eigenvalue weighted by atomic mass is 16.1. The van der Waals surface area contributed by atoms with Gasteiger partial charge in [-0.05, 0) is 61.4 Å². The van der Waals surface area contributed by atoms with Gasteiger partial charge >= 0.3 is 0 Å². The number of H-pyrrole nitrogens is 1. The fourth-order valence-electron chi connectivity index (χ4n) is 4.62. The fourth-order valence-corrected chi connectivity index (χ4v) is 4.62. The van der Waals surface area contributed by atoms with Crippen molar-refractivity contribution in [2.24, 2.45) is 5.92 Å². The molecule has 0 spiro atoms. The molecular weight excluding hydrogens is 310 g/mol. The van der Waals surface area contributed by atoms with Gasteiger partial charge in [0.1, 0.15) is 0 Å². The summed E-state index contributed by atoms with van der Waals surface area (Å²) >= 11 is 0. The fraction of sp³-hybridized carbons (Fsp3) is 0.571. The number of amides is 1. The Balaban J connectivity index is 1.55. The highest BCUT2D eigenvalue weighted by Gasteiger charge is 2.36. The molecule has 2 fully saturated rings. The lowest BCUT2D eigenvalue weighted by Crippen LogP contribution is -2.44. The van der Waals surface area contributed by atoms with Crippen molar-refractivity contribution in [2.45, 2.75) is 57.5 Å². The van der Waals surface area contributed by atoms with E-state index in [1.807, 2.05) is 6.20 Å². The Hall–Kier alpha value is -1.81. The van der Waals surface area contributed by atoms with E-state index >= 15 is 0 Å². The predicted octanol–water partition coefficient (Wildman–Crippen LogP) is 3.83. The molecule has 1 aliphatic heterocycles. The number of carbonyl (C=O) groups excluding carboxylic acids is 1. The Bertz CT molecular complexity index is 723. The number of fused-ring (bicyclic) bond motifs is 2. The van der Waals surface area contributed by atoms with E-state index in [1.165, 1.54) is 42.1 Å². The maximum atomic E-state index is 12.6. The van der Waals surface area contributed by atoms with Crippen LogP contribution in [0.4, 0.5) is 0 Å². The van der Waals surface area contributed by atoms with Gasteiger partial charge in [0.25, 0.3) is 0 Å². The van der Waals surface area contributed by atoms with E-state index in [9.17, 15) is 4.79 Å². The van der Waals surface area contributed by atoms with Gasteiger partial charge in [0.05, 0.1) is 5.92 Å². The van der Waals surface area contributed by atoms with Gasteiger partial charge in [-0.1, -0.05) is 25.3 Å². The number of carbonyl (C=O) groups is 1. The van der Waals surface area contributed by atoms with Crippen LogP contribution >= 0.6 is 0 Å². The smallest absolute Gasteiger partial charge is 0.224 e. The van der Waals surface area contributed by atoms with Crippen molar-refractivity contribution in [1.29, 1.82) is 0 Å². The summed E-state index contributed by atoms with van der Waals surface area (Å²) in [5.41, 5.74) is 2.55. The lowest BCUT2D eigenvalue weighted by atomic mass is 9.99. The summed E-state index contributed by atoms with van der Waals surface area (Å²) < 4.78 is 0. The van der Waals surface area contributed by atoms with Crippen LogP contribution < -0.4 is 5.32 Å². The molecule has 134 valence electrons. The number of benzene rings is 1. The average molecular weight is 339 g/mol. The van der Waals surface area contributed by atoms with Gasteiger partial charge in [-0.25, -0.2) is 0 Å². The average Bonchev–Trinajstić information content (AvgIpc) is 3.27. The highest BCUT2D eigenvalue weighted by molar-refractivity contribution is 5.80. The van der Waals surface area contributed by atoms with E-state index < -0.39 is 0 Å². The van der Waals surface area contributed by atoms with Gasteiger partial charge in [-0.15, -0.1) is 0 Å². The number of hydrogen-bond acceptors (Lipinski definition) is 2. The van der Waals surface area contributed by atoms with Gasteiger partial charge < -0.3 is 10.3 Å². The number of aromatic amines is 1. The molecule has 4 nitrogen and oxygen atoms in total. The summed E-state index contributed by atoms with van der Waals surface area (Å²) in [4.78, 5) is 18.5. The molecule has 2 N–H and O–H groups in total. The van der Waals surface area contributed by atoms with Crippen molar-refractivity contribution >= 4 is 16.8 Å². The molecule has 1 aliphatic carbocycles. The maximum Gasteiger partial charge on any atom is 0.224 e. The summed E-state index contributed by atoms with van der Waals surface area (Å²) in [5, 5.41) is 4.46. The Kier molecular flexibility index (Phi) is 5.07. The molecular formula is C21H29N3O.